The molecule has 0 aliphatic heterocycles. The molecule has 1 N–H and O–H groups in total. The molecule has 0 aliphatic carbocycles. The first kappa shape index (κ1) is 13.2. The van der Waals surface area contributed by atoms with Crippen LogP contribution >= 0.6 is 35.0 Å². The molecule has 1 aromatic carbocycles. The topological polar surface area (TPSA) is 50.2 Å². The average Bonchev–Trinajstić information content (AvgIpc) is 2.34. The molecule has 2 aromatic rings. The van der Waals surface area contributed by atoms with Gasteiger partial charge in [0, 0.05) is 4.90 Å². The van der Waals surface area contributed by atoms with Crippen molar-refractivity contribution >= 4 is 40.9 Å². The second-order valence-corrected chi connectivity index (χ2v) is 5.25. The fourth-order valence-electron chi connectivity index (χ4n) is 1.25. The van der Waals surface area contributed by atoms with Crippen LogP contribution in [0.2, 0.25) is 10.0 Å². The minimum Gasteiger partial charge on any atom is -0.477 e. The molecule has 0 atom stereocenters. The number of hydrogen-bond acceptors (Lipinski definition) is 3. The van der Waals surface area contributed by atoms with Crippen molar-refractivity contribution in [2.24, 2.45) is 0 Å². The Hall–Kier alpha value is -1.23. The van der Waals surface area contributed by atoms with Crippen molar-refractivity contribution in [2.45, 2.75) is 9.92 Å². The Labute approximate surface area is 118 Å². The predicted molar refractivity (Wildman–Crippen MR) is 71.8 cm³/mol. The van der Waals surface area contributed by atoms with E-state index < -0.39 is 5.97 Å². The van der Waals surface area contributed by atoms with Crippen LogP contribution in [0.1, 0.15) is 10.5 Å². The lowest BCUT2D eigenvalue weighted by molar-refractivity contribution is 0.0689. The highest BCUT2D eigenvalue weighted by Crippen LogP contribution is 2.31. The van der Waals surface area contributed by atoms with Gasteiger partial charge in [-0.3, -0.25) is 0 Å². The van der Waals surface area contributed by atoms with E-state index in [0.29, 0.717) is 15.1 Å². The van der Waals surface area contributed by atoms with Gasteiger partial charge >= 0.3 is 5.97 Å². The number of hydrogen-bond donors (Lipinski definition) is 1. The number of carboxylic acids is 1. The third kappa shape index (κ3) is 3.16. The number of halogens is 2. The molecular formula is C12H7Cl2NO2S. The molecule has 0 amide bonds. The second-order valence-electron chi connectivity index (χ2n) is 3.34. The molecule has 6 heteroatoms. The van der Waals surface area contributed by atoms with Gasteiger partial charge in [-0.15, -0.1) is 0 Å². The summed E-state index contributed by atoms with van der Waals surface area (Å²) in [6.07, 6.45) is 0. The molecule has 2 rings (SSSR count). The Kier molecular flexibility index (Phi) is 4.11. The van der Waals surface area contributed by atoms with Gasteiger partial charge in [-0.25, -0.2) is 9.78 Å². The lowest BCUT2D eigenvalue weighted by Crippen LogP contribution is -1.99. The summed E-state index contributed by atoms with van der Waals surface area (Å²) in [7, 11) is 0. The summed E-state index contributed by atoms with van der Waals surface area (Å²) >= 11 is 13.0. The van der Waals surface area contributed by atoms with E-state index in [2.05, 4.69) is 4.98 Å². The van der Waals surface area contributed by atoms with E-state index in [-0.39, 0.29) is 5.69 Å². The number of nitrogens with zero attached hydrogens (tertiary/aromatic N) is 1. The van der Waals surface area contributed by atoms with Gasteiger partial charge < -0.3 is 5.11 Å². The van der Waals surface area contributed by atoms with E-state index in [1.54, 1.807) is 30.3 Å². The molecule has 0 spiro atoms. The zero-order valence-electron chi connectivity index (χ0n) is 8.93. The van der Waals surface area contributed by atoms with Crippen LogP contribution in [0, 0.1) is 0 Å². The number of carboxylic acid groups (broad SMARTS) is 1. The Morgan fingerprint density at radius 2 is 1.94 bits per heavy atom. The standard InChI is InChI=1S/C12H7Cl2NO2S/c13-8-5-4-7(6-9(8)14)18-11-3-1-2-10(15-11)12(16)17/h1-6H,(H,16,17). The van der Waals surface area contributed by atoms with Crippen LogP contribution in [0.15, 0.2) is 46.3 Å². The molecule has 0 saturated heterocycles. The van der Waals surface area contributed by atoms with Crippen LogP contribution in [-0.4, -0.2) is 16.1 Å². The van der Waals surface area contributed by atoms with E-state index in [1.807, 2.05) is 0 Å². The van der Waals surface area contributed by atoms with Gasteiger partial charge in [0.2, 0.25) is 0 Å². The van der Waals surface area contributed by atoms with Gasteiger partial charge in [-0.05, 0) is 30.3 Å². The smallest absolute Gasteiger partial charge is 0.354 e. The maximum atomic E-state index is 10.8. The zero-order valence-corrected chi connectivity index (χ0v) is 11.3. The van der Waals surface area contributed by atoms with E-state index in [4.69, 9.17) is 28.3 Å². The monoisotopic (exact) mass is 299 g/mol. The van der Waals surface area contributed by atoms with E-state index >= 15 is 0 Å². The van der Waals surface area contributed by atoms with Crippen molar-refractivity contribution in [1.29, 1.82) is 0 Å². The molecule has 0 fully saturated rings. The van der Waals surface area contributed by atoms with Crippen molar-refractivity contribution in [3.05, 3.63) is 52.1 Å². The summed E-state index contributed by atoms with van der Waals surface area (Å²) in [6.45, 7) is 0. The molecular weight excluding hydrogens is 293 g/mol. The van der Waals surface area contributed by atoms with Crippen molar-refractivity contribution in [3.8, 4) is 0 Å². The van der Waals surface area contributed by atoms with Gasteiger partial charge in [0.05, 0.1) is 10.0 Å². The van der Waals surface area contributed by atoms with Gasteiger partial charge in [0.1, 0.15) is 10.7 Å². The quantitative estimate of drug-likeness (QED) is 0.921. The first-order chi connectivity index (χ1) is 8.56. The average molecular weight is 300 g/mol. The Morgan fingerprint density at radius 1 is 1.17 bits per heavy atom. The molecule has 18 heavy (non-hydrogen) atoms. The van der Waals surface area contributed by atoms with Crippen LogP contribution in [0.4, 0.5) is 0 Å². The number of aromatic nitrogens is 1. The second kappa shape index (κ2) is 5.61. The fraction of sp³-hybridized carbons (Fsp3) is 0. The number of pyridine rings is 1. The normalized spacial score (nSPS) is 10.3. The number of rotatable bonds is 3. The van der Waals surface area contributed by atoms with Crippen molar-refractivity contribution < 1.29 is 9.90 Å². The summed E-state index contributed by atoms with van der Waals surface area (Å²) in [6, 6.07) is 10.0. The predicted octanol–water partition coefficient (Wildman–Crippen LogP) is 4.24. The summed E-state index contributed by atoms with van der Waals surface area (Å²) in [5, 5.41) is 10.4. The zero-order chi connectivity index (χ0) is 13.1. The van der Waals surface area contributed by atoms with Crippen LogP contribution in [0.5, 0.6) is 0 Å². The highest BCUT2D eigenvalue weighted by molar-refractivity contribution is 7.99. The summed E-state index contributed by atoms with van der Waals surface area (Å²) in [4.78, 5) is 15.6. The molecule has 0 bridgehead atoms. The third-order valence-corrected chi connectivity index (χ3v) is 3.72. The van der Waals surface area contributed by atoms with Crippen molar-refractivity contribution in [1.82, 2.24) is 4.98 Å². The maximum absolute atomic E-state index is 10.8. The Balaban J connectivity index is 2.25. The van der Waals surface area contributed by atoms with E-state index in [1.165, 1.54) is 17.8 Å². The molecule has 0 aliphatic rings. The van der Waals surface area contributed by atoms with Crippen LogP contribution in [0.3, 0.4) is 0 Å². The minimum absolute atomic E-state index is 0.0139. The molecule has 92 valence electrons. The largest absolute Gasteiger partial charge is 0.477 e. The van der Waals surface area contributed by atoms with Crippen molar-refractivity contribution in [2.75, 3.05) is 0 Å². The van der Waals surface area contributed by atoms with Crippen molar-refractivity contribution in [3.63, 3.8) is 0 Å². The lowest BCUT2D eigenvalue weighted by Gasteiger charge is -2.03. The molecule has 1 aromatic heterocycles. The minimum atomic E-state index is -1.05. The van der Waals surface area contributed by atoms with Gasteiger partial charge in [0.15, 0.2) is 0 Å². The highest BCUT2D eigenvalue weighted by atomic mass is 35.5. The summed E-state index contributed by atoms with van der Waals surface area (Å²) in [5.74, 6) is -1.05. The highest BCUT2D eigenvalue weighted by Gasteiger charge is 2.07. The molecule has 3 nitrogen and oxygen atoms in total. The molecule has 0 unspecified atom stereocenters. The molecule has 1 heterocycles. The Morgan fingerprint density at radius 3 is 2.61 bits per heavy atom. The molecule has 0 saturated carbocycles. The summed E-state index contributed by atoms with van der Waals surface area (Å²) < 4.78 is 0. The van der Waals surface area contributed by atoms with E-state index in [9.17, 15) is 4.79 Å². The third-order valence-electron chi connectivity index (χ3n) is 2.06. The van der Waals surface area contributed by atoms with Gasteiger partial charge in [-0.2, -0.15) is 0 Å². The first-order valence-electron chi connectivity index (χ1n) is 4.89. The number of benzene rings is 1. The van der Waals surface area contributed by atoms with Gasteiger partial charge in [-0.1, -0.05) is 41.0 Å². The molecule has 0 radical (unpaired) electrons. The van der Waals surface area contributed by atoms with Crippen LogP contribution in [0.25, 0.3) is 0 Å². The first-order valence-corrected chi connectivity index (χ1v) is 6.47. The van der Waals surface area contributed by atoms with Gasteiger partial charge in [0.25, 0.3) is 0 Å². The number of carbonyl (C=O) groups is 1. The summed E-state index contributed by atoms with van der Waals surface area (Å²) in [5.41, 5.74) is 0.0139. The SMILES string of the molecule is O=C(O)c1cccc(Sc2ccc(Cl)c(Cl)c2)n1. The van der Waals surface area contributed by atoms with Crippen LogP contribution < -0.4 is 0 Å². The Bertz CT molecular complexity index is 604. The van der Waals surface area contributed by atoms with E-state index in [0.717, 1.165) is 4.90 Å². The maximum Gasteiger partial charge on any atom is 0.354 e. The number of aromatic carboxylic acids is 1. The fourth-order valence-corrected chi connectivity index (χ4v) is 2.46. The lowest BCUT2D eigenvalue weighted by atomic mass is 10.4. The van der Waals surface area contributed by atoms with Crippen LogP contribution in [-0.2, 0) is 0 Å².